The highest BCUT2D eigenvalue weighted by Gasteiger charge is 2.46. The predicted octanol–water partition coefficient (Wildman–Crippen LogP) is 8.54. The summed E-state index contributed by atoms with van der Waals surface area (Å²) in [5, 5.41) is 12.2. The number of hydrogen-bond acceptors (Lipinski definition) is 7. The van der Waals surface area contributed by atoms with E-state index in [-0.39, 0.29) is 55.3 Å². The fraction of sp³-hybridized carbons (Fsp3) is 0.453. The minimum Gasteiger partial charge on any atom is -0.445 e. The Morgan fingerprint density at radius 1 is 0.677 bits per heavy atom. The van der Waals surface area contributed by atoms with Gasteiger partial charge in [-0.3, -0.25) is 14.4 Å². The maximum Gasteiger partial charge on any atom is 0.408 e. The largest absolute Gasteiger partial charge is 0.445 e. The number of likely N-dealkylation sites (tertiary alicyclic amines) is 1. The van der Waals surface area contributed by atoms with Crippen LogP contribution >= 0.6 is 0 Å². The average Bonchev–Trinajstić information content (AvgIpc) is 3.73. The number of alkyl carbamates (subject to hydrolysis) is 2. The number of rotatable bonds is 12. The SMILES string of the molecule is CC(C)(C)OC(=O)N[C@@H](Cc1ccc([C@H]2C[C@@H](C(=O)N[C@@H]3CCCc4ccccc43)N(C(=O)[C@@H](NC(=O)OCc3ccccc3)C(C)(C)C)C2)cc1)C(=O)N[C@@H]1CCCc2ccccc21. The van der Waals surface area contributed by atoms with Crippen LogP contribution in [0.1, 0.15) is 131 Å². The van der Waals surface area contributed by atoms with Crippen LogP contribution in [-0.2, 0) is 49.7 Å². The molecular weight excluding hydrogens is 819 g/mol. The molecule has 4 aromatic rings. The van der Waals surface area contributed by atoms with E-state index < -0.39 is 41.3 Å². The summed E-state index contributed by atoms with van der Waals surface area (Å²) in [6.45, 7) is 11.3. The number of carbonyl (C=O) groups excluding carboxylic acids is 5. The van der Waals surface area contributed by atoms with Crippen molar-refractivity contribution in [2.24, 2.45) is 5.41 Å². The van der Waals surface area contributed by atoms with Crippen molar-refractivity contribution in [3.05, 3.63) is 142 Å². The molecule has 3 aliphatic rings. The van der Waals surface area contributed by atoms with E-state index in [1.165, 1.54) is 11.1 Å². The van der Waals surface area contributed by atoms with Gasteiger partial charge in [0.25, 0.3) is 0 Å². The molecule has 0 unspecified atom stereocenters. The quantitative estimate of drug-likeness (QED) is 0.111. The Balaban J connectivity index is 1.10. The van der Waals surface area contributed by atoms with E-state index in [2.05, 4.69) is 45.5 Å². The smallest absolute Gasteiger partial charge is 0.408 e. The van der Waals surface area contributed by atoms with Crippen LogP contribution in [0.15, 0.2) is 103 Å². The third-order valence-electron chi connectivity index (χ3n) is 12.7. The van der Waals surface area contributed by atoms with Crippen LogP contribution < -0.4 is 21.3 Å². The molecule has 5 amide bonds. The van der Waals surface area contributed by atoms with Gasteiger partial charge in [-0.15, -0.1) is 0 Å². The normalized spacial score (nSPS) is 20.2. The number of hydrogen-bond donors (Lipinski definition) is 4. The van der Waals surface area contributed by atoms with Gasteiger partial charge >= 0.3 is 12.2 Å². The second-order valence-corrected chi connectivity index (χ2v) is 19.9. The Bertz CT molecular complexity index is 2320. The second-order valence-electron chi connectivity index (χ2n) is 19.9. The molecule has 12 nitrogen and oxygen atoms in total. The van der Waals surface area contributed by atoms with Gasteiger partial charge in [-0.1, -0.05) is 124 Å². The molecule has 65 heavy (non-hydrogen) atoms. The number of fused-ring (bicyclic) bond motifs is 2. The Hall–Kier alpha value is -6.17. The lowest BCUT2D eigenvalue weighted by molar-refractivity contribution is -0.142. The molecule has 1 saturated heterocycles. The van der Waals surface area contributed by atoms with E-state index in [0.29, 0.717) is 6.42 Å². The van der Waals surface area contributed by atoms with Gasteiger partial charge in [0.05, 0.1) is 12.1 Å². The van der Waals surface area contributed by atoms with Gasteiger partial charge in [0, 0.05) is 18.9 Å². The molecule has 0 radical (unpaired) electrons. The maximum absolute atomic E-state index is 14.8. The van der Waals surface area contributed by atoms with Crippen molar-refractivity contribution < 1.29 is 33.4 Å². The number of aryl methyl sites for hydroxylation is 2. The first-order chi connectivity index (χ1) is 31.0. The van der Waals surface area contributed by atoms with Gasteiger partial charge in [-0.2, -0.15) is 0 Å². The first-order valence-corrected chi connectivity index (χ1v) is 23.1. The van der Waals surface area contributed by atoms with Crippen LogP contribution in [0.2, 0.25) is 0 Å². The van der Waals surface area contributed by atoms with E-state index in [1.807, 2.05) is 99.6 Å². The number of amides is 5. The van der Waals surface area contributed by atoms with Gasteiger partial charge in [-0.25, -0.2) is 9.59 Å². The molecule has 6 atom stereocenters. The lowest BCUT2D eigenvalue weighted by Crippen LogP contribution is -2.58. The fourth-order valence-corrected chi connectivity index (χ4v) is 9.44. The minimum atomic E-state index is -0.986. The summed E-state index contributed by atoms with van der Waals surface area (Å²) in [6, 6.07) is 30.4. The Labute approximate surface area is 383 Å². The summed E-state index contributed by atoms with van der Waals surface area (Å²) >= 11 is 0. The second kappa shape index (κ2) is 20.3. The van der Waals surface area contributed by atoms with Crippen molar-refractivity contribution in [1.82, 2.24) is 26.2 Å². The molecule has 1 fully saturated rings. The van der Waals surface area contributed by atoms with Crippen LogP contribution in [0.5, 0.6) is 0 Å². The molecule has 12 heteroatoms. The zero-order valence-corrected chi connectivity index (χ0v) is 38.7. The summed E-state index contributed by atoms with van der Waals surface area (Å²) in [7, 11) is 0. The Morgan fingerprint density at radius 2 is 1.26 bits per heavy atom. The van der Waals surface area contributed by atoms with Crippen molar-refractivity contribution in [3.8, 4) is 0 Å². The minimum absolute atomic E-state index is 0.0466. The van der Waals surface area contributed by atoms with Crippen LogP contribution in [0, 0.1) is 5.41 Å². The monoisotopic (exact) mass is 883 g/mol. The first kappa shape index (κ1) is 46.8. The number of nitrogens with zero attached hydrogens (tertiary/aromatic N) is 1. The maximum atomic E-state index is 14.8. The topological polar surface area (TPSA) is 155 Å². The Kier molecular flexibility index (Phi) is 14.6. The van der Waals surface area contributed by atoms with E-state index in [1.54, 1.807) is 25.7 Å². The van der Waals surface area contributed by atoms with Crippen LogP contribution in [-0.4, -0.2) is 65.1 Å². The fourth-order valence-electron chi connectivity index (χ4n) is 9.44. The van der Waals surface area contributed by atoms with Crippen LogP contribution in [0.25, 0.3) is 0 Å². The van der Waals surface area contributed by atoms with Gasteiger partial charge in [0.15, 0.2) is 0 Å². The molecule has 0 aromatic heterocycles. The molecule has 344 valence electrons. The van der Waals surface area contributed by atoms with E-state index in [9.17, 15) is 24.0 Å². The molecule has 4 N–H and O–H groups in total. The molecule has 1 aliphatic heterocycles. The summed E-state index contributed by atoms with van der Waals surface area (Å²) in [4.78, 5) is 71.3. The van der Waals surface area contributed by atoms with Crippen LogP contribution in [0.3, 0.4) is 0 Å². The average molecular weight is 884 g/mol. The highest BCUT2D eigenvalue weighted by molar-refractivity contribution is 5.93. The molecule has 4 aromatic carbocycles. The standard InChI is InChI=1S/C53H65N5O7/c1-52(2,3)46(57-50(62)64-33-35-16-8-7-9-17-35)49(61)58-32-39(31-45(58)48(60)55-43-25-15-21-38-19-11-13-23-41(38)43)36-28-26-34(27-29-36)30-44(56-51(63)65-53(4,5)6)47(59)54-42-24-14-20-37-18-10-12-22-40(37)42/h7-13,16-19,22-23,26-29,39,42-46H,14-15,20-21,24-25,30-33H2,1-6H3,(H,54,59)(H,55,60)(H,56,63)(H,57,62)/t39-,42+,43+,44-,45-,46+/m0/s1. The van der Waals surface area contributed by atoms with Gasteiger partial charge in [0.2, 0.25) is 17.7 Å². The lowest BCUT2D eigenvalue weighted by Gasteiger charge is -2.36. The summed E-state index contributed by atoms with van der Waals surface area (Å²) < 4.78 is 11.1. The number of carbonyl (C=O) groups is 5. The summed E-state index contributed by atoms with van der Waals surface area (Å²) in [6.07, 6.45) is 4.58. The Morgan fingerprint density at radius 3 is 1.86 bits per heavy atom. The van der Waals surface area contributed by atoms with E-state index >= 15 is 0 Å². The molecule has 1 heterocycles. The third-order valence-corrected chi connectivity index (χ3v) is 12.7. The lowest BCUT2D eigenvalue weighted by atomic mass is 9.85. The molecule has 2 aliphatic carbocycles. The molecule has 0 bridgehead atoms. The van der Waals surface area contributed by atoms with Crippen LogP contribution in [0.4, 0.5) is 9.59 Å². The van der Waals surface area contributed by atoms with Gasteiger partial charge in [-0.05, 0) is 110 Å². The van der Waals surface area contributed by atoms with Crippen molar-refractivity contribution >= 4 is 29.9 Å². The van der Waals surface area contributed by atoms with Crippen molar-refractivity contribution in [3.63, 3.8) is 0 Å². The zero-order valence-electron chi connectivity index (χ0n) is 38.7. The van der Waals surface area contributed by atoms with Crippen molar-refractivity contribution in [1.29, 1.82) is 0 Å². The van der Waals surface area contributed by atoms with Gasteiger partial charge < -0.3 is 35.6 Å². The van der Waals surface area contributed by atoms with Crippen molar-refractivity contribution in [2.75, 3.05) is 6.54 Å². The zero-order chi connectivity index (χ0) is 46.3. The molecule has 0 saturated carbocycles. The number of benzene rings is 4. The summed E-state index contributed by atoms with van der Waals surface area (Å²) in [5.74, 6) is -1.10. The highest BCUT2D eigenvalue weighted by atomic mass is 16.6. The highest BCUT2D eigenvalue weighted by Crippen LogP contribution is 2.36. The first-order valence-electron chi connectivity index (χ1n) is 23.1. The van der Waals surface area contributed by atoms with Gasteiger partial charge in [0.1, 0.15) is 30.3 Å². The number of ether oxygens (including phenoxy) is 2. The van der Waals surface area contributed by atoms with Crippen molar-refractivity contribution in [2.45, 2.75) is 141 Å². The van der Waals surface area contributed by atoms with E-state index in [4.69, 9.17) is 9.47 Å². The van der Waals surface area contributed by atoms with E-state index in [0.717, 1.165) is 66.3 Å². The number of nitrogens with one attached hydrogen (secondary N) is 4. The third kappa shape index (κ3) is 12.1. The molecule has 0 spiro atoms. The molecule has 7 rings (SSSR count). The predicted molar refractivity (Wildman–Crippen MR) is 250 cm³/mol. The summed E-state index contributed by atoms with van der Waals surface area (Å²) in [5.41, 5.74) is 5.71. The molecular formula is C53H65N5O7.